The van der Waals surface area contributed by atoms with Gasteiger partial charge in [0.25, 0.3) is 0 Å². The van der Waals surface area contributed by atoms with Gasteiger partial charge in [0.05, 0.1) is 30.3 Å². The average molecular weight is 538 g/mol. The number of carbonyl (C=O) groups is 1. The number of primary sulfonamides is 1. The standard InChI is InChI=1S/C25H31NO8S2/c1-25(2,3)12-11-19-9-10-20(17-22(19)34-16-15-33-14-13-32-4)21(27)18-35(28,29)23-7-5-6-8-24(23)36(26,30)31/h5-10,17H,13-16,18H2,1-4H3,(H2,26,30,31). The van der Waals surface area contributed by atoms with Crippen molar-refractivity contribution in [3.05, 3.63) is 53.6 Å². The molecule has 0 aliphatic carbocycles. The largest absolute Gasteiger partial charge is 0.490 e. The van der Waals surface area contributed by atoms with Gasteiger partial charge in [0.1, 0.15) is 23.0 Å². The van der Waals surface area contributed by atoms with E-state index in [1.54, 1.807) is 13.2 Å². The third-order valence-electron chi connectivity index (χ3n) is 4.60. The molecular weight excluding hydrogens is 506 g/mol. The molecule has 0 unspecified atom stereocenters. The highest BCUT2D eigenvalue weighted by atomic mass is 32.2. The molecule has 2 aromatic carbocycles. The molecule has 36 heavy (non-hydrogen) atoms. The lowest BCUT2D eigenvalue weighted by molar-refractivity contribution is 0.0543. The van der Waals surface area contributed by atoms with Crippen LogP contribution in [0.1, 0.15) is 36.7 Å². The van der Waals surface area contributed by atoms with Gasteiger partial charge in [-0.05, 0) is 51.1 Å². The van der Waals surface area contributed by atoms with Crippen molar-refractivity contribution in [2.24, 2.45) is 10.6 Å². The van der Waals surface area contributed by atoms with Crippen LogP contribution in [-0.2, 0) is 29.3 Å². The molecule has 0 aliphatic rings. The highest BCUT2D eigenvalue weighted by Crippen LogP contribution is 2.24. The quantitative estimate of drug-likeness (QED) is 0.247. The second-order valence-corrected chi connectivity index (χ2v) is 12.3. The van der Waals surface area contributed by atoms with Crippen molar-refractivity contribution in [1.29, 1.82) is 0 Å². The van der Waals surface area contributed by atoms with E-state index >= 15 is 0 Å². The molecule has 0 saturated heterocycles. The van der Waals surface area contributed by atoms with Crippen molar-refractivity contribution < 1.29 is 35.8 Å². The first-order valence-electron chi connectivity index (χ1n) is 11.0. The topological polar surface area (TPSA) is 139 Å². The van der Waals surface area contributed by atoms with Crippen molar-refractivity contribution in [2.75, 3.05) is 39.3 Å². The fraction of sp³-hybridized carbons (Fsp3) is 0.400. The maximum atomic E-state index is 12.9. The number of hydrogen-bond acceptors (Lipinski definition) is 8. The highest BCUT2D eigenvalue weighted by molar-refractivity contribution is 7.94. The van der Waals surface area contributed by atoms with Gasteiger partial charge in [-0.2, -0.15) is 0 Å². The average Bonchev–Trinajstić information content (AvgIpc) is 2.79. The SMILES string of the molecule is COCCOCCOc1cc(C(=O)CS(=O)(=O)c2ccccc2S(N)(=O)=O)ccc1C#CC(C)(C)C. The minimum atomic E-state index is -4.31. The molecule has 2 aromatic rings. The maximum absolute atomic E-state index is 12.9. The monoisotopic (exact) mass is 537 g/mol. The molecule has 2 N–H and O–H groups in total. The zero-order valence-electron chi connectivity index (χ0n) is 20.7. The first-order chi connectivity index (χ1) is 16.7. The van der Waals surface area contributed by atoms with Crippen molar-refractivity contribution >= 4 is 25.6 Å². The van der Waals surface area contributed by atoms with Crippen LogP contribution in [0, 0.1) is 17.3 Å². The number of hydrogen-bond donors (Lipinski definition) is 1. The van der Waals surface area contributed by atoms with Gasteiger partial charge in [-0.3, -0.25) is 4.79 Å². The van der Waals surface area contributed by atoms with E-state index in [0.717, 1.165) is 12.1 Å². The number of sulfonamides is 1. The Kier molecular flexibility index (Phi) is 10.2. The first kappa shape index (κ1) is 29.5. The molecule has 0 spiro atoms. The lowest BCUT2D eigenvalue weighted by Crippen LogP contribution is -2.21. The number of benzene rings is 2. The first-order valence-corrected chi connectivity index (χ1v) is 14.2. The Morgan fingerprint density at radius 3 is 2.19 bits per heavy atom. The van der Waals surface area contributed by atoms with E-state index in [2.05, 4.69) is 11.8 Å². The molecule has 0 aromatic heterocycles. The van der Waals surface area contributed by atoms with Crippen molar-refractivity contribution in [1.82, 2.24) is 0 Å². The Bertz CT molecular complexity index is 1350. The van der Waals surface area contributed by atoms with Gasteiger partial charge in [-0.25, -0.2) is 22.0 Å². The zero-order valence-corrected chi connectivity index (χ0v) is 22.4. The molecule has 0 atom stereocenters. The predicted molar refractivity (Wildman–Crippen MR) is 135 cm³/mol. The lowest BCUT2D eigenvalue weighted by Gasteiger charge is -2.12. The molecule has 0 bridgehead atoms. The van der Waals surface area contributed by atoms with E-state index in [1.807, 2.05) is 20.8 Å². The minimum Gasteiger partial charge on any atom is -0.490 e. The lowest BCUT2D eigenvalue weighted by atomic mass is 9.97. The second kappa shape index (κ2) is 12.5. The van der Waals surface area contributed by atoms with Crippen LogP contribution in [0.4, 0.5) is 0 Å². The molecule has 2 rings (SSSR count). The van der Waals surface area contributed by atoms with E-state index in [9.17, 15) is 21.6 Å². The Balaban J connectivity index is 2.33. The highest BCUT2D eigenvalue weighted by Gasteiger charge is 2.27. The number of rotatable bonds is 12. The van der Waals surface area contributed by atoms with Crippen molar-refractivity contribution in [3.63, 3.8) is 0 Å². The Morgan fingerprint density at radius 2 is 1.58 bits per heavy atom. The summed E-state index contributed by atoms with van der Waals surface area (Å²) in [5, 5.41) is 5.15. The molecule has 0 saturated carbocycles. The number of sulfone groups is 1. The minimum absolute atomic E-state index is 0.0725. The molecule has 0 radical (unpaired) electrons. The third-order valence-corrected chi connectivity index (χ3v) is 7.37. The van der Waals surface area contributed by atoms with Gasteiger partial charge >= 0.3 is 0 Å². The number of nitrogens with two attached hydrogens (primary N) is 1. The summed E-state index contributed by atoms with van der Waals surface area (Å²) < 4.78 is 65.6. The van der Waals surface area contributed by atoms with Crippen LogP contribution < -0.4 is 9.88 Å². The van der Waals surface area contributed by atoms with Crippen LogP contribution in [0.2, 0.25) is 0 Å². The molecule has 0 heterocycles. The van der Waals surface area contributed by atoms with Crippen LogP contribution >= 0.6 is 0 Å². The van der Waals surface area contributed by atoms with Gasteiger partial charge in [-0.1, -0.05) is 24.0 Å². The summed E-state index contributed by atoms with van der Waals surface area (Å²) in [6.45, 7) is 7.13. The molecular formula is C25H31NO8S2. The molecule has 0 amide bonds. The number of carbonyl (C=O) groups excluding carboxylic acids is 1. The van der Waals surface area contributed by atoms with Gasteiger partial charge in [0, 0.05) is 18.1 Å². The van der Waals surface area contributed by atoms with Crippen molar-refractivity contribution in [3.8, 4) is 17.6 Å². The zero-order chi connectivity index (χ0) is 27.0. The second-order valence-electron chi connectivity index (χ2n) is 8.84. The maximum Gasteiger partial charge on any atom is 0.239 e. The van der Waals surface area contributed by atoms with Gasteiger partial charge in [0.2, 0.25) is 10.0 Å². The van der Waals surface area contributed by atoms with E-state index < -0.39 is 41.2 Å². The van der Waals surface area contributed by atoms with E-state index in [1.165, 1.54) is 24.3 Å². The van der Waals surface area contributed by atoms with Crippen LogP contribution in [0.3, 0.4) is 0 Å². The number of ether oxygens (including phenoxy) is 3. The summed E-state index contributed by atoms with van der Waals surface area (Å²) in [5.41, 5.74) is 0.323. The van der Waals surface area contributed by atoms with E-state index in [0.29, 0.717) is 24.5 Å². The van der Waals surface area contributed by atoms with Gasteiger partial charge in [-0.15, -0.1) is 0 Å². The number of methoxy groups -OCH3 is 1. The normalized spacial score (nSPS) is 12.0. The Morgan fingerprint density at radius 1 is 0.944 bits per heavy atom. The summed E-state index contributed by atoms with van der Waals surface area (Å²) in [6, 6.07) is 9.35. The summed E-state index contributed by atoms with van der Waals surface area (Å²) >= 11 is 0. The van der Waals surface area contributed by atoms with Gasteiger partial charge < -0.3 is 14.2 Å². The summed E-state index contributed by atoms with van der Waals surface area (Å²) in [4.78, 5) is 11.8. The van der Waals surface area contributed by atoms with Crippen molar-refractivity contribution in [2.45, 2.75) is 30.6 Å². The summed E-state index contributed by atoms with van der Waals surface area (Å²) in [5.74, 6) is 4.74. The molecule has 9 nitrogen and oxygen atoms in total. The summed E-state index contributed by atoms with van der Waals surface area (Å²) in [7, 11) is -7.06. The van der Waals surface area contributed by atoms with Gasteiger partial charge in [0.15, 0.2) is 15.6 Å². The molecule has 196 valence electrons. The predicted octanol–water partition coefficient (Wildman–Crippen LogP) is 2.43. The third kappa shape index (κ3) is 9.04. The van der Waals surface area contributed by atoms with E-state index in [4.69, 9.17) is 19.3 Å². The smallest absolute Gasteiger partial charge is 0.239 e. The Hall–Kier alpha value is -2.75. The fourth-order valence-electron chi connectivity index (χ4n) is 2.90. The number of Topliss-reactive ketones (excluding diaryl/α,β-unsaturated/α-hetero) is 1. The molecule has 11 heteroatoms. The van der Waals surface area contributed by atoms with Crippen LogP contribution in [0.25, 0.3) is 0 Å². The van der Waals surface area contributed by atoms with Crippen LogP contribution in [0.15, 0.2) is 52.3 Å². The fourth-order valence-corrected chi connectivity index (χ4v) is 5.58. The Labute approximate surface area is 212 Å². The number of ketones is 1. The summed E-state index contributed by atoms with van der Waals surface area (Å²) in [6.07, 6.45) is 0. The van der Waals surface area contributed by atoms with Crippen LogP contribution in [-0.4, -0.2) is 61.9 Å². The molecule has 0 fully saturated rings. The van der Waals surface area contributed by atoms with Crippen LogP contribution in [0.5, 0.6) is 5.75 Å². The molecule has 0 aliphatic heterocycles. The van der Waals surface area contributed by atoms with E-state index in [-0.39, 0.29) is 24.2 Å².